The maximum atomic E-state index is 13.1. The van der Waals surface area contributed by atoms with E-state index in [1.807, 2.05) is 24.6 Å². The molecule has 0 unspecified atom stereocenters. The number of rotatable bonds is 5. The molecule has 1 atom stereocenters. The Bertz CT molecular complexity index is 911. The summed E-state index contributed by atoms with van der Waals surface area (Å²) in [6.45, 7) is 1.95. The SMILES string of the molecule is C[C@@H](Sc1nnc(-c2ccc(F)cc2)n1C)c1cccc([N+](=O)[O-])c1. The van der Waals surface area contributed by atoms with Gasteiger partial charge in [0.2, 0.25) is 0 Å². The van der Waals surface area contributed by atoms with Gasteiger partial charge in [0.15, 0.2) is 11.0 Å². The van der Waals surface area contributed by atoms with Crippen LogP contribution < -0.4 is 0 Å². The number of hydrogen-bond donors (Lipinski definition) is 0. The highest BCUT2D eigenvalue weighted by Crippen LogP contribution is 2.35. The quantitative estimate of drug-likeness (QED) is 0.384. The molecule has 0 bridgehead atoms. The van der Waals surface area contributed by atoms with Gasteiger partial charge in [-0.2, -0.15) is 0 Å². The van der Waals surface area contributed by atoms with Crippen molar-refractivity contribution in [1.29, 1.82) is 0 Å². The van der Waals surface area contributed by atoms with Crippen LogP contribution in [0.2, 0.25) is 0 Å². The van der Waals surface area contributed by atoms with Gasteiger partial charge in [0, 0.05) is 30.0 Å². The van der Waals surface area contributed by atoms with E-state index < -0.39 is 4.92 Å². The van der Waals surface area contributed by atoms with Gasteiger partial charge >= 0.3 is 0 Å². The van der Waals surface area contributed by atoms with E-state index in [4.69, 9.17) is 0 Å². The van der Waals surface area contributed by atoms with E-state index in [1.165, 1.54) is 30.0 Å². The van der Waals surface area contributed by atoms with Gasteiger partial charge in [-0.25, -0.2) is 4.39 Å². The van der Waals surface area contributed by atoms with Crippen LogP contribution in [0, 0.1) is 15.9 Å². The summed E-state index contributed by atoms with van der Waals surface area (Å²) in [4.78, 5) is 10.5. The molecule has 3 rings (SSSR count). The third kappa shape index (κ3) is 3.69. The predicted octanol–water partition coefficient (Wildman–Crippen LogP) is 4.38. The van der Waals surface area contributed by atoms with Crippen LogP contribution in [0.3, 0.4) is 0 Å². The molecule has 6 nitrogen and oxygen atoms in total. The molecule has 3 aromatic rings. The maximum Gasteiger partial charge on any atom is 0.269 e. The molecule has 8 heteroatoms. The average Bonchev–Trinajstić information content (AvgIpc) is 2.96. The van der Waals surface area contributed by atoms with Gasteiger partial charge in [0.05, 0.1) is 4.92 Å². The molecular formula is C17H15FN4O2S. The molecule has 0 aliphatic rings. The minimum atomic E-state index is -0.407. The lowest BCUT2D eigenvalue weighted by molar-refractivity contribution is -0.384. The number of aromatic nitrogens is 3. The fourth-order valence-corrected chi connectivity index (χ4v) is 3.32. The summed E-state index contributed by atoms with van der Waals surface area (Å²) in [7, 11) is 1.83. The fraction of sp³-hybridized carbons (Fsp3) is 0.176. The lowest BCUT2D eigenvalue weighted by atomic mass is 10.1. The Morgan fingerprint density at radius 1 is 1.20 bits per heavy atom. The van der Waals surface area contributed by atoms with Gasteiger partial charge in [-0.15, -0.1) is 10.2 Å². The van der Waals surface area contributed by atoms with Gasteiger partial charge in [0.25, 0.3) is 5.69 Å². The summed E-state index contributed by atoms with van der Waals surface area (Å²) in [6, 6.07) is 12.6. The Balaban J connectivity index is 1.83. The minimum absolute atomic E-state index is 0.0381. The Labute approximate surface area is 147 Å². The number of hydrogen-bond acceptors (Lipinski definition) is 5. The second-order valence-electron chi connectivity index (χ2n) is 5.48. The minimum Gasteiger partial charge on any atom is -0.305 e. The molecule has 0 saturated heterocycles. The van der Waals surface area contributed by atoms with E-state index in [0.717, 1.165) is 11.1 Å². The number of nitro benzene ring substituents is 1. The third-order valence-corrected chi connectivity index (χ3v) is 4.96. The molecule has 0 fully saturated rings. The topological polar surface area (TPSA) is 73.8 Å². The van der Waals surface area contributed by atoms with Gasteiger partial charge in [-0.3, -0.25) is 10.1 Å². The highest BCUT2D eigenvalue weighted by Gasteiger charge is 2.17. The first-order chi connectivity index (χ1) is 12.0. The third-order valence-electron chi connectivity index (χ3n) is 3.77. The lowest BCUT2D eigenvalue weighted by Gasteiger charge is -2.11. The summed E-state index contributed by atoms with van der Waals surface area (Å²) in [6.07, 6.45) is 0. The molecule has 2 aromatic carbocycles. The highest BCUT2D eigenvalue weighted by atomic mass is 32.2. The van der Waals surface area contributed by atoms with E-state index in [2.05, 4.69) is 10.2 Å². The van der Waals surface area contributed by atoms with Crippen LogP contribution in [0.1, 0.15) is 17.7 Å². The van der Waals surface area contributed by atoms with Crippen LogP contribution in [0.15, 0.2) is 53.7 Å². The van der Waals surface area contributed by atoms with E-state index in [0.29, 0.717) is 11.0 Å². The predicted molar refractivity (Wildman–Crippen MR) is 93.8 cm³/mol. The summed E-state index contributed by atoms with van der Waals surface area (Å²) in [5, 5.41) is 19.9. The van der Waals surface area contributed by atoms with Crippen LogP contribution in [-0.4, -0.2) is 19.7 Å². The summed E-state index contributed by atoms with van der Waals surface area (Å²) in [5.74, 6) is 0.327. The highest BCUT2D eigenvalue weighted by molar-refractivity contribution is 7.99. The molecule has 1 aromatic heterocycles. The molecule has 1 heterocycles. The van der Waals surface area contributed by atoms with Crippen LogP contribution in [0.25, 0.3) is 11.4 Å². The van der Waals surface area contributed by atoms with Crippen molar-refractivity contribution in [2.24, 2.45) is 7.05 Å². The molecule has 25 heavy (non-hydrogen) atoms. The zero-order valence-electron chi connectivity index (χ0n) is 13.6. The van der Waals surface area contributed by atoms with Crippen molar-refractivity contribution in [2.75, 3.05) is 0 Å². The van der Waals surface area contributed by atoms with Crippen LogP contribution in [0.5, 0.6) is 0 Å². The summed E-state index contributed by atoms with van der Waals surface area (Å²) in [5.41, 5.74) is 1.67. The number of thioether (sulfide) groups is 1. The van der Waals surface area contributed by atoms with Crippen molar-refractivity contribution < 1.29 is 9.31 Å². The zero-order chi connectivity index (χ0) is 18.0. The van der Waals surface area contributed by atoms with Crippen LogP contribution in [0.4, 0.5) is 10.1 Å². The largest absolute Gasteiger partial charge is 0.305 e. The standard InChI is InChI=1S/C17H15FN4O2S/c1-11(13-4-3-5-15(10-13)22(23)24)25-17-20-19-16(21(17)2)12-6-8-14(18)9-7-12/h3-11H,1-2H3/t11-/m1/s1. The number of nitrogens with zero attached hydrogens (tertiary/aromatic N) is 4. The molecule has 0 radical (unpaired) electrons. The number of nitro groups is 1. The molecule has 0 aliphatic heterocycles. The lowest BCUT2D eigenvalue weighted by Crippen LogP contribution is -1.97. The Kier molecular flexibility index (Phi) is 4.80. The zero-order valence-corrected chi connectivity index (χ0v) is 14.4. The first kappa shape index (κ1) is 17.1. The van der Waals surface area contributed by atoms with Crippen molar-refractivity contribution in [2.45, 2.75) is 17.3 Å². The molecule has 0 spiro atoms. The van der Waals surface area contributed by atoms with E-state index in [1.54, 1.807) is 24.3 Å². The van der Waals surface area contributed by atoms with Gasteiger partial charge in [0.1, 0.15) is 5.82 Å². The van der Waals surface area contributed by atoms with Crippen LogP contribution in [-0.2, 0) is 7.05 Å². The van der Waals surface area contributed by atoms with Gasteiger partial charge < -0.3 is 4.57 Å². The molecule has 0 aliphatic carbocycles. The molecule has 0 saturated carbocycles. The second kappa shape index (κ2) is 7.02. The van der Waals surface area contributed by atoms with Crippen molar-refractivity contribution in [3.05, 3.63) is 70.0 Å². The van der Waals surface area contributed by atoms with Gasteiger partial charge in [-0.05, 0) is 36.8 Å². The molecule has 0 N–H and O–H groups in total. The van der Waals surface area contributed by atoms with Crippen molar-refractivity contribution in [1.82, 2.24) is 14.8 Å². The molecule has 128 valence electrons. The Morgan fingerprint density at radius 3 is 2.60 bits per heavy atom. The normalized spacial score (nSPS) is 12.1. The van der Waals surface area contributed by atoms with E-state index in [-0.39, 0.29) is 16.8 Å². The van der Waals surface area contributed by atoms with E-state index in [9.17, 15) is 14.5 Å². The first-order valence-electron chi connectivity index (χ1n) is 7.52. The maximum absolute atomic E-state index is 13.1. The molecule has 0 amide bonds. The van der Waals surface area contributed by atoms with Crippen LogP contribution >= 0.6 is 11.8 Å². The second-order valence-corrected chi connectivity index (χ2v) is 6.79. The van der Waals surface area contributed by atoms with Crippen molar-refractivity contribution in [3.63, 3.8) is 0 Å². The average molecular weight is 358 g/mol. The number of benzene rings is 2. The van der Waals surface area contributed by atoms with Crippen molar-refractivity contribution >= 4 is 17.4 Å². The fourth-order valence-electron chi connectivity index (χ4n) is 2.39. The smallest absolute Gasteiger partial charge is 0.269 e. The first-order valence-corrected chi connectivity index (χ1v) is 8.40. The molecular weight excluding hydrogens is 343 g/mol. The summed E-state index contributed by atoms with van der Waals surface area (Å²) < 4.78 is 14.9. The van der Waals surface area contributed by atoms with Gasteiger partial charge in [-0.1, -0.05) is 23.9 Å². The Hall–Kier alpha value is -2.74. The van der Waals surface area contributed by atoms with E-state index >= 15 is 0 Å². The monoisotopic (exact) mass is 358 g/mol. The van der Waals surface area contributed by atoms with Crippen molar-refractivity contribution in [3.8, 4) is 11.4 Å². The number of non-ortho nitro benzene ring substituents is 1. The summed E-state index contributed by atoms with van der Waals surface area (Å²) >= 11 is 1.46. The number of halogens is 1. The Morgan fingerprint density at radius 2 is 1.92 bits per heavy atom.